The highest BCUT2D eigenvalue weighted by atomic mass is 16.6. The summed E-state index contributed by atoms with van der Waals surface area (Å²) in [6.07, 6.45) is 9.29. The molecule has 6 aliphatic rings. The van der Waals surface area contributed by atoms with Gasteiger partial charge in [-0.05, 0) is 116 Å². The van der Waals surface area contributed by atoms with Crippen molar-refractivity contribution in [1.29, 1.82) is 0 Å². The maximum absolute atomic E-state index is 13.3. The average Bonchev–Trinajstić information content (AvgIpc) is 3.43. The average molecular weight is 659 g/mol. The second-order valence-electron chi connectivity index (χ2n) is 17.9. The van der Waals surface area contributed by atoms with Gasteiger partial charge in [0.05, 0.1) is 31.8 Å². The number of esters is 1. The molecule has 9 nitrogen and oxygen atoms in total. The van der Waals surface area contributed by atoms with Crippen LogP contribution in [0.5, 0.6) is 0 Å². The number of carbonyl (C=O) groups excluding carboxylic acids is 2. The van der Waals surface area contributed by atoms with E-state index < -0.39 is 11.4 Å². The fourth-order valence-corrected chi connectivity index (χ4v) is 13.4. The summed E-state index contributed by atoms with van der Waals surface area (Å²) in [5.41, 5.74) is -0.498. The number of nitrogens with zero attached hydrogens (tertiary/aromatic N) is 1. The van der Waals surface area contributed by atoms with Crippen molar-refractivity contribution < 1.29 is 33.7 Å². The van der Waals surface area contributed by atoms with Crippen LogP contribution >= 0.6 is 0 Å². The van der Waals surface area contributed by atoms with Crippen LogP contribution < -0.4 is 5.32 Å². The van der Waals surface area contributed by atoms with E-state index in [-0.39, 0.29) is 57.6 Å². The maximum Gasteiger partial charge on any atom is 0.407 e. The number of ether oxygens (including phenoxy) is 3. The highest BCUT2D eigenvalue weighted by Crippen LogP contribution is 2.77. The summed E-state index contributed by atoms with van der Waals surface area (Å²) in [7, 11) is 1.63. The Hall–Kier alpha value is -1.87. The van der Waals surface area contributed by atoms with Crippen LogP contribution in [0, 0.1) is 62.6 Å². The van der Waals surface area contributed by atoms with E-state index in [0.29, 0.717) is 44.1 Å². The molecular formula is C38H62N2O7. The number of fused-ring (bicyclic) bond motifs is 7. The number of hydrogen-bond donors (Lipinski definition) is 2. The lowest BCUT2D eigenvalue weighted by Crippen LogP contribution is -2.67. The summed E-state index contributed by atoms with van der Waals surface area (Å²) in [6, 6.07) is 0. The molecule has 0 spiro atoms. The van der Waals surface area contributed by atoms with Gasteiger partial charge in [0.25, 0.3) is 0 Å². The number of nitrogens with one attached hydrogen (secondary N) is 1. The quantitative estimate of drug-likeness (QED) is 0.303. The summed E-state index contributed by atoms with van der Waals surface area (Å²) >= 11 is 0. The van der Waals surface area contributed by atoms with Crippen molar-refractivity contribution in [2.24, 2.45) is 62.6 Å². The van der Waals surface area contributed by atoms with Gasteiger partial charge < -0.3 is 24.6 Å². The minimum Gasteiger partial charge on any atom is -0.481 e. The fraction of sp³-hybridized carbons (Fsp3) is 0.921. The van der Waals surface area contributed by atoms with Gasteiger partial charge in [-0.2, -0.15) is 0 Å². The number of rotatable bonds is 7. The Morgan fingerprint density at radius 2 is 1.62 bits per heavy atom. The number of morpholine rings is 1. The first kappa shape index (κ1) is 35.0. The molecule has 266 valence electrons. The number of aliphatic carboxylic acids is 1. The minimum atomic E-state index is -0.678. The van der Waals surface area contributed by atoms with Crippen LogP contribution in [0.2, 0.25) is 0 Å². The van der Waals surface area contributed by atoms with E-state index in [9.17, 15) is 19.5 Å². The van der Waals surface area contributed by atoms with Gasteiger partial charge in [-0.25, -0.2) is 4.79 Å². The second-order valence-corrected chi connectivity index (χ2v) is 17.9. The van der Waals surface area contributed by atoms with Gasteiger partial charge in [0.2, 0.25) is 0 Å². The summed E-state index contributed by atoms with van der Waals surface area (Å²) in [5.74, 6) is 1.00. The van der Waals surface area contributed by atoms with Crippen molar-refractivity contribution in [2.45, 2.75) is 112 Å². The lowest BCUT2D eigenvalue weighted by atomic mass is 9.32. The zero-order valence-corrected chi connectivity index (χ0v) is 30.2. The molecule has 0 aromatic heterocycles. The number of amides is 1. The standard InChI is InChI=1S/C38H62N2O7/c1-24(23-46-30(41)22-40-18-20-45-21-19-40)25-10-15-38(32(42)43)17-16-36(5)26(31(25)38)8-9-28-35(4)13-12-29(47-33(44)39-7)34(2,3)27(35)11-14-37(28,36)6/h24-29,31H,8-23H2,1-7H3,(H,39,44)(H,42,43)/t24?,25-,26?,27?,28?,29+,31?,35-,36+,37+,38-/m0/s1. The van der Waals surface area contributed by atoms with Crippen LogP contribution in [0.4, 0.5) is 4.79 Å². The molecule has 0 radical (unpaired) electrons. The maximum atomic E-state index is 13.3. The Morgan fingerprint density at radius 1 is 0.894 bits per heavy atom. The summed E-state index contributed by atoms with van der Waals surface area (Å²) in [6.45, 7) is 17.9. The van der Waals surface area contributed by atoms with Gasteiger partial charge in [0, 0.05) is 25.6 Å². The fourth-order valence-electron chi connectivity index (χ4n) is 13.4. The minimum absolute atomic E-state index is 0.0441. The molecule has 0 aromatic carbocycles. The molecule has 5 unspecified atom stereocenters. The van der Waals surface area contributed by atoms with Gasteiger partial charge in [-0.15, -0.1) is 0 Å². The monoisotopic (exact) mass is 658 g/mol. The van der Waals surface area contributed by atoms with Gasteiger partial charge >= 0.3 is 18.0 Å². The first-order valence-corrected chi connectivity index (χ1v) is 18.7. The van der Waals surface area contributed by atoms with E-state index in [4.69, 9.17) is 14.2 Å². The Labute approximate surface area is 282 Å². The molecule has 1 saturated heterocycles. The number of hydrogen-bond acceptors (Lipinski definition) is 7. The smallest absolute Gasteiger partial charge is 0.407 e. The van der Waals surface area contributed by atoms with Crippen molar-refractivity contribution in [3.63, 3.8) is 0 Å². The molecular weight excluding hydrogens is 596 g/mol. The topological polar surface area (TPSA) is 114 Å². The predicted molar refractivity (Wildman–Crippen MR) is 179 cm³/mol. The van der Waals surface area contributed by atoms with E-state index in [0.717, 1.165) is 77.3 Å². The second kappa shape index (κ2) is 12.5. The molecule has 5 aliphatic carbocycles. The Bertz CT molecular complexity index is 1220. The summed E-state index contributed by atoms with van der Waals surface area (Å²) in [4.78, 5) is 40.4. The third kappa shape index (κ3) is 5.43. The molecule has 6 fully saturated rings. The Balaban J connectivity index is 1.23. The first-order valence-electron chi connectivity index (χ1n) is 18.7. The SMILES string of the molecule is CNC(=O)O[C@@H]1CC[C@@]2(C)C(CC[C@]3(C)C2CCC2C4[C@H](C(C)COC(=O)CN5CCOCC5)CC[C@]4(C(=O)O)CC[C@]23C)C1(C)C. The lowest BCUT2D eigenvalue weighted by molar-refractivity contribution is -0.249. The van der Waals surface area contributed by atoms with E-state index in [1.165, 1.54) is 0 Å². The molecule has 6 rings (SSSR count). The van der Waals surface area contributed by atoms with Crippen LogP contribution in [0.15, 0.2) is 0 Å². The van der Waals surface area contributed by atoms with Crippen molar-refractivity contribution >= 4 is 18.0 Å². The van der Waals surface area contributed by atoms with Gasteiger partial charge in [0.1, 0.15) is 6.10 Å². The van der Waals surface area contributed by atoms with Gasteiger partial charge in [-0.3, -0.25) is 14.5 Å². The summed E-state index contributed by atoms with van der Waals surface area (Å²) in [5, 5.41) is 13.5. The Morgan fingerprint density at radius 3 is 2.30 bits per heavy atom. The molecule has 1 amide bonds. The summed E-state index contributed by atoms with van der Waals surface area (Å²) < 4.78 is 17.3. The molecule has 1 heterocycles. The molecule has 1 aliphatic heterocycles. The number of carboxylic acid groups (broad SMARTS) is 1. The van der Waals surface area contributed by atoms with Crippen LogP contribution in [0.3, 0.4) is 0 Å². The first-order chi connectivity index (χ1) is 22.1. The molecule has 0 aromatic rings. The molecule has 9 heteroatoms. The number of carboxylic acids is 1. The molecule has 47 heavy (non-hydrogen) atoms. The number of carbonyl (C=O) groups is 3. The zero-order valence-electron chi connectivity index (χ0n) is 30.2. The third-order valence-electron chi connectivity index (χ3n) is 16.0. The van der Waals surface area contributed by atoms with Crippen LogP contribution in [0.25, 0.3) is 0 Å². The molecule has 2 N–H and O–H groups in total. The predicted octanol–water partition coefficient (Wildman–Crippen LogP) is 6.39. The molecule has 11 atom stereocenters. The van der Waals surface area contributed by atoms with E-state index in [2.05, 4.69) is 51.8 Å². The third-order valence-corrected chi connectivity index (χ3v) is 16.0. The Kier molecular flexibility index (Phi) is 9.28. The largest absolute Gasteiger partial charge is 0.481 e. The van der Waals surface area contributed by atoms with Gasteiger partial charge in [-0.1, -0.05) is 41.5 Å². The number of alkyl carbamates (subject to hydrolysis) is 1. The van der Waals surface area contributed by atoms with Crippen LogP contribution in [-0.4, -0.2) is 80.6 Å². The van der Waals surface area contributed by atoms with E-state index in [1.807, 2.05) is 0 Å². The highest BCUT2D eigenvalue weighted by Gasteiger charge is 2.72. The van der Waals surface area contributed by atoms with Crippen molar-refractivity contribution in [3.8, 4) is 0 Å². The normalized spacial score (nSPS) is 44.9. The molecule has 0 bridgehead atoms. The van der Waals surface area contributed by atoms with Crippen molar-refractivity contribution in [1.82, 2.24) is 10.2 Å². The highest BCUT2D eigenvalue weighted by molar-refractivity contribution is 5.76. The van der Waals surface area contributed by atoms with E-state index >= 15 is 0 Å². The van der Waals surface area contributed by atoms with Crippen LogP contribution in [0.1, 0.15) is 106 Å². The van der Waals surface area contributed by atoms with Crippen molar-refractivity contribution in [3.05, 3.63) is 0 Å². The van der Waals surface area contributed by atoms with Crippen molar-refractivity contribution in [2.75, 3.05) is 46.5 Å². The lowest BCUT2D eigenvalue weighted by Gasteiger charge is -2.72. The van der Waals surface area contributed by atoms with E-state index in [1.54, 1.807) is 7.05 Å². The zero-order chi connectivity index (χ0) is 34.0. The van der Waals surface area contributed by atoms with Gasteiger partial charge in [0.15, 0.2) is 0 Å². The van der Waals surface area contributed by atoms with Crippen LogP contribution in [-0.2, 0) is 23.8 Å². The molecule has 5 saturated carbocycles.